The highest BCUT2D eigenvalue weighted by Gasteiger charge is 2.32. The van der Waals surface area contributed by atoms with Crippen molar-refractivity contribution in [1.29, 1.82) is 0 Å². The van der Waals surface area contributed by atoms with Gasteiger partial charge in [0, 0.05) is 0 Å². The minimum absolute atomic E-state index is 0.00101. The van der Waals surface area contributed by atoms with Gasteiger partial charge in [-0.15, -0.1) is 0 Å². The SMILES string of the molecule is C[C@H](NC(=O)OCc1ccccc1)C(=O)N(NC(=O)OC(C)(C)C)[C@@H](C)C(=O)O. The lowest BCUT2D eigenvalue weighted by Gasteiger charge is -2.30. The van der Waals surface area contributed by atoms with Crippen molar-refractivity contribution in [2.45, 2.75) is 58.9 Å². The maximum Gasteiger partial charge on any atom is 0.426 e. The Hall–Kier alpha value is -3.30. The van der Waals surface area contributed by atoms with Gasteiger partial charge in [0.25, 0.3) is 5.91 Å². The second-order valence-electron chi connectivity index (χ2n) is 7.26. The van der Waals surface area contributed by atoms with Crippen LogP contribution in [0.25, 0.3) is 0 Å². The number of hydrogen-bond acceptors (Lipinski definition) is 6. The first-order chi connectivity index (χ1) is 13.4. The molecule has 1 aromatic carbocycles. The second kappa shape index (κ2) is 10.3. The topological polar surface area (TPSA) is 134 Å². The van der Waals surface area contributed by atoms with E-state index in [9.17, 15) is 24.3 Å². The molecule has 0 radical (unpaired) electrons. The van der Waals surface area contributed by atoms with Crippen LogP contribution in [0.2, 0.25) is 0 Å². The summed E-state index contributed by atoms with van der Waals surface area (Å²) in [5.41, 5.74) is 2.02. The maximum absolute atomic E-state index is 12.6. The number of nitrogens with zero attached hydrogens (tertiary/aromatic N) is 1. The Balaban J connectivity index is 2.74. The highest BCUT2D eigenvalue weighted by Crippen LogP contribution is 2.08. The molecule has 0 saturated carbocycles. The molecule has 10 heteroatoms. The molecule has 0 spiro atoms. The van der Waals surface area contributed by atoms with Crippen molar-refractivity contribution in [3.63, 3.8) is 0 Å². The summed E-state index contributed by atoms with van der Waals surface area (Å²) in [5.74, 6) is -2.21. The Morgan fingerprint density at radius 3 is 2.17 bits per heavy atom. The van der Waals surface area contributed by atoms with Gasteiger partial charge in [0.2, 0.25) is 0 Å². The average molecular weight is 409 g/mol. The highest BCUT2D eigenvalue weighted by molar-refractivity contribution is 5.90. The molecule has 0 aliphatic carbocycles. The Labute approximate surface area is 169 Å². The van der Waals surface area contributed by atoms with Crippen molar-refractivity contribution in [3.8, 4) is 0 Å². The van der Waals surface area contributed by atoms with E-state index in [0.29, 0.717) is 5.01 Å². The molecule has 0 fully saturated rings. The molecule has 2 atom stereocenters. The number of carboxylic acids is 1. The van der Waals surface area contributed by atoms with E-state index in [1.807, 2.05) is 6.07 Å². The van der Waals surface area contributed by atoms with Crippen LogP contribution in [-0.4, -0.2) is 51.9 Å². The van der Waals surface area contributed by atoms with Crippen molar-refractivity contribution >= 4 is 24.1 Å². The van der Waals surface area contributed by atoms with E-state index in [0.717, 1.165) is 5.56 Å². The molecule has 1 aromatic rings. The monoisotopic (exact) mass is 409 g/mol. The number of alkyl carbamates (subject to hydrolysis) is 1. The zero-order valence-electron chi connectivity index (χ0n) is 17.1. The molecule has 0 aromatic heterocycles. The number of aliphatic carboxylic acids is 1. The van der Waals surface area contributed by atoms with Crippen LogP contribution in [0.15, 0.2) is 30.3 Å². The molecule has 10 nitrogen and oxygen atoms in total. The molecule has 3 N–H and O–H groups in total. The molecule has 29 heavy (non-hydrogen) atoms. The zero-order valence-corrected chi connectivity index (χ0v) is 17.1. The number of carbonyl (C=O) groups is 4. The Morgan fingerprint density at radius 1 is 1.07 bits per heavy atom. The number of ether oxygens (including phenoxy) is 2. The van der Waals surface area contributed by atoms with Gasteiger partial charge in [0.05, 0.1) is 0 Å². The van der Waals surface area contributed by atoms with Crippen LogP contribution in [0.4, 0.5) is 9.59 Å². The predicted octanol–water partition coefficient (Wildman–Crippen LogP) is 2.04. The van der Waals surface area contributed by atoms with Crippen LogP contribution in [0.5, 0.6) is 0 Å². The van der Waals surface area contributed by atoms with Gasteiger partial charge < -0.3 is 19.9 Å². The summed E-state index contributed by atoms with van der Waals surface area (Å²) >= 11 is 0. The summed E-state index contributed by atoms with van der Waals surface area (Å²) in [7, 11) is 0. The summed E-state index contributed by atoms with van der Waals surface area (Å²) in [6.07, 6.45) is -1.87. The Morgan fingerprint density at radius 2 is 1.66 bits per heavy atom. The average Bonchev–Trinajstić information content (AvgIpc) is 2.62. The molecule has 0 bridgehead atoms. The van der Waals surface area contributed by atoms with E-state index in [-0.39, 0.29) is 6.61 Å². The summed E-state index contributed by atoms with van der Waals surface area (Å²) in [5, 5.41) is 12.1. The van der Waals surface area contributed by atoms with Gasteiger partial charge in [0.1, 0.15) is 24.3 Å². The van der Waals surface area contributed by atoms with Gasteiger partial charge >= 0.3 is 18.2 Å². The standard InChI is InChI=1S/C19H27N3O7/c1-12(20-17(26)28-11-14-9-7-6-8-10-14)15(23)22(13(2)16(24)25)21-18(27)29-19(3,4)5/h6-10,12-13H,11H2,1-5H3,(H,20,26)(H,21,27)(H,24,25)/t12-,13-/m0/s1. The van der Waals surface area contributed by atoms with Gasteiger partial charge in [-0.2, -0.15) is 0 Å². The fourth-order valence-electron chi connectivity index (χ4n) is 2.06. The van der Waals surface area contributed by atoms with Crippen molar-refractivity contribution in [1.82, 2.24) is 15.8 Å². The van der Waals surface area contributed by atoms with Gasteiger partial charge in [-0.3, -0.25) is 4.79 Å². The third-order valence-electron chi connectivity index (χ3n) is 3.51. The van der Waals surface area contributed by atoms with Crippen molar-refractivity contribution in [2.75, 3.05) is 0 Å². The quantitative estimate of drug-likeness (QED) is 0.612. The van der Waals surface area contributed by atoms with Crippen molar-refractivity contribution < 1.29 is 33.8 Å². The lowest BCUT2D eigenvalue weighted by atomic mass is 10.2. The molecule has 0 heterocycles. The largest absolute Gasteiger partial charge is 0.480 e. The van der Waals surface area contributed by atoms with Gasteiger partial charge in [-0.1, -0.05) is 30.3 Å². The Kier molecular flexibility index (Phi) is 8.43. The molecule has 0 aliphatic rings. The normalized spacial score (nSPS) is 12.9. The molecule has 3 amide bonds. The molecule has 0 saturated heterocycles. The van der Waals surface area contributed by atoms with Gasteiger partial charge in [-0.25, -0.2) is 24.8 Å². The van der Waals surface area contributed by atoms with Crippen LogP contribution in [0.3, 0.4) is 0 Å². The predicted molar refractivity (Wildman–Crippen MR) is 103 cm³/mol. The summed E-state index contributed by atoms with van der Waals surface area (Å²) in [6, 6.07) is 6.35. The number of benzene rings is 1. The molecule has 1 rings (SSSR count). The van der Waals surface area contributed by atoms with Crippen LogP contribution in [0, 0.1) is 0 Å². The first-order valence-corrected chi connectivity index (χ1v) is 8.93. The number of amides is 3. The fourth-order valence-corrected chi connectivity index (χ4v) is 2.06. The molecular formula is C19H27N3O7. The molecular weight excluding hydrogens is 382 g/mol. The maximum atomic E-state index is 12.6. The lowest BCUT2D eigenvalue weighted by molar-refractivity contribution is -0.152. The van der Waals surface area contributed by atoms with Crippen molar-refractivity contribution in [3.05, 3.63) is 35.9 Å². The summed E-state index contributed by atoms with van der Waals surface area (Å²) < 4.78 is 10.1. The first-order valence-electron chi connectivity index (χ1n) is 8.93. The van der Waals surface area contributed by atoms with E-state index in [1.54, 1.807) is 45.0 Å². The van der Waals surface area contributed by atoms with E-state index in [1.165, 1.54) is 13.8 Å². The van der Waals surface area contributed by atoms with Crippen LogP contribution >= 0.6 is 0 Å². The number of hydrazine groups is 1. The second-order valence-corrected chi connectivity index (χ2v) is 7.26. The van der Waals surface area contributed by atoms with Gasteiger partial charge in [0.15, 0.2) is 0 Å². The molecule has 0 unspecified atom stereocenters. The van der Waals surface area contributed by atoms with E-state index in [2.05, 4.69) is 10.7 Å². The minimum atomic E-state index is -1.40. The number of nitrogens with one attached hydrogen (secondary N) is 2. The molecule has 160 valence electrons. The van der Waals surface area contributed by atoms with E-state index >= 15 is 0 Å². The van der Waals surface area contributed by atoms with E-state index in [4.69, 9.17) is 9.47 Å². The summed E-state index contributed by atoms with van der Waals surface area (Å²) in [6.45, 7) is 7.40. The number of carboxylic acid groups (broad SMARTS) is 1. The smallest absolute Gasteiger partial charge is 0.426 e. The molecule has 0 aliphatic heterocycles. The van der Waals surface area contributed by atoms with Crippen LogP contribution in [0.1, 0.15) is 40.2 Å². The van der Waals surface area contributed by atoms with Crippen LogP contribution < -0.4 is 10.7 Å². The minimum Gasteiger partial charge on any atom is -0.480 e. The number of rotatable bonds is 6. The van der Waals surface area contributed by atoms with Gasteiger partial charge in [-0.05, 0) is 40.2 Å². The highest BCUT2D eigenvalue weighted by atomic mass is 16.6. The third-order valence-corrected chi connectivity index (χ3v) is 3.51. The fraction of sp³-hybridized carbons (Fsp3) is 0.474. The van der Waals surface area contributed by atoms with Crippen molar-refractivity contribution in [2.24, 2.45) is 0 Å². The Bertz CT molecular complexity index is 731. The number of carbonyl (C=O) groups excluding carboxylic acids is 3. The zero-order chi connectivity index (χ0) is 22.2. The lowest BCUT2D eigenvalue weighted by Crippen LogP contribution is -2.59. The third kappa shape index (κ3) is 8.50. The van der Waals surface area contributed by atoms with Crippen LogP contribution in [-0.2, 0) is 25.7 Å². The summed E-state index contributed by atoms with van der Waals surface area (Å²) in [4.78, 5) is 47.8. The first kappa shape index (κ1) is 23.7. The number of hydrogen-bond donors (Lipinski definition) is 3. The van der Waals surface area contributed by atoms with E-state index < -0.39 is 41.7 Å².